The number of nitrogens with zero attached hydrogens (tertiary/aromatic N) is 5. The topological polar surface area (TPSA) is 152 Å². The smallest absolute Gasteiger partial charge is 0.251 e. The average Bonchev–Trinajstić information content (AvgIpc) is 3.83. The van der Waals surface area contributed by atoms with Crippen molar-refractivity contribution in [2.75, 3.05) is 26.2 Å². The monoisotopic (exact) mass is 687 g/mol. The molecule has 1 fully saturated rings. The molecule has 0 spiro atoms. The summed E-state index contributed by atoms with van der Waals surface area (Å²) in [6.07, 6.45) is 3.45. The van der Waals surface area contributed by atoms with Crippen LogP contribution < -0.4 is 16.0 Å². The van der Waals surface area contributed by atoms with Crippen LogP contribution in [0.2, 0.25) is 0 Å². The van der Waals surface area contributed by atoms with Gasteiger partial charge in [-0.15, -0.1) is 10.2 Å². The van der Waals surface area contributed by atoms with E-state index < -0.39 is 11.5 Å². The number of aromatic nitrogens is 4. The number of benzene rings is 3. The number of rotatable bonds is 12. The number of carbonyl (C=O) groups excluding carboxylic acids is 2. The molecule has 11 heteroatoms. The third kappa shape index (κ3) is 7.16. The summed E-state index contributed by atoms with van der Waals surface area (Å²) in [6, 6.07) is 22.6. The van der Waals surface area contributed by atoms with E-state index in [0.29, 0.717) is 43.7 Å². The molecule has 1 aliphatic carbocycles. The molecule has 1 aliphatic heterocycles. The Bertz CT molecular complexity index is 1900. The van der Waals surface area contributed by atoms with Crippen molar-refractivity contribution in [2.24, 2.45) is 0 Å². The molecule has 2 unspecified atom stereocenters. The maximum absolute atomic E-state index is 13.6. The van der Waals surface area contributed by atoms with Gasteiger partial charge in [0.2, 0.25) is 5.91 Å². The van der Waals surface area contributed by atoms with Crippen molar-refractivity contribution in [1.82, 2.24) is 41.5 Å². The van der Waals surface area contributed by atoms with E-state index in [-0.39, 0.29) is 29.9 Å². The molecule has 2 amide bonds. The van der Waals surface area contributed by atoms with E-state index >= 15 is 0 Å². The molecule has 266 valence electrons. The van der Waals surface area contributed by atoms with Crippen molar-refractivity contribution in [2.45, 2.75) is 89.8 Å². The number of hydrogen-bond donors (Lipinski definition) is 4. The summed E-state index contributed by atoms with van der Waals surface area (Å²) in [7, 11) is 0. The van der Waals surface area contributed by atoms with E-state index in [0.717, 1.165) is 47.2 Å². The third-order valence-corrected chi connectivity index (χ3v) is 10.7. The number of hydrogen-bond acceptors (Lipinski definition) is 8. The number of carbonyl (C=O) groups is 2. The molecule has 4 N–H and O–H groups in total. The zero-order chi connectivity index (χ0) is 36.2. The molecular weight excluding hydrogens is 639 g/mol. The van der Waals surface area contributed by atoms with E-state index in [1.807, 2.05) is 19.1 Å². The van der Waals surface area contributed by atoms with Gasteiger partial charge in [-0.25, -0.2) is 0 Å². The Morgan fingerprint density at radius 3 is 2.43 bits per heavy atom. The normalized spacial score (nSPS) is 19.1. The second-order valence-corrected chi connectivity index (χ2v) is 14.3. The standard InChI is InChI=1S/C40H49N9O2/c1-6-42-37(51)30-16-18-33-28(21-30)14-15-29-22-31(39(4,5)44-7-2)17-19-34(29)40(33,38-45-47-48-46-38)23-35(27-12-10-26(3)11-13-27)43-25-36(50)49-20-8-9-32(49)24-41/h10-13,16-19,21-22,32,35,43-44H,6-9,14-15,20,23,25H2,1-5H3,(H,42,51)(H,45,46,47,48)/t32?,35-,40?/m0/s1. The summed E-state index contributed by atoms with van der Waals surface area (Å²) in [5.74, 6) is 0.316. The predicted octanol–water partition coefficient (Wildman–Crippen LogP) is 4.77. The van der Waals surface area contributed by atoms with E-state index in [1.54, 1.807) is 4.90 Å². The second-order valence-electron chi connectivity index (χ2n) is 14.3. The van der Waals surface area contributed by atoms with Gasteiger partial charge in [0.1, 0.15) is 6.04 Å². The zero-order valence-corrected chi connectivity index (χ0v) is 30.3. The Labute approximate surface area is 300 Å². The maximum atomic E-state index is 13.6. The van der Waals surface area contributed by atoms with Gasteiger partial charge in [0.05, 0.1) is 18.0 Å². The molecule has 51 heavy (non-hydrogen) atoms. The molecule has 2 aliphatic rings. The first kappa shape index (κ1) is 35.9. The number of fused-ring (bicyclic) bond motifs is 2. The van der Waals surface area contributed by atoms with Crippen LogP contribution in [0.1, 0.15) is 108 Å². The van der Waals surface area contributed by atoms with Crippen LogP contribution in [0.25, 0.3) is 0 Å². The molecule has 1 saturated heterocycles. The van der Waals surface area contributed by atoms with Crippen LogP contribution in [-0.4, -0.2) is 69.6 Å². The van der Waals surface area contributed by atoms with E-state index in [2.05, 4.69) is 114 Å². The van der Waals surface area contributed by atoms with Gasteiger partial charge in [0.25, 0.3) is 5.91 Å². The molecule has 4 aromatic rings. The molecule has 1 aromatic heterocycles. The minimum Gasteiger partial charge on any atom is -0.352 e. The number of aryl methyl sites for hydroxylation is 3. The first-order chi connectivity index (χ1) is 24.6. The van der Waals surface area contributed by atoms with Crippen molar-refractivity contribution < 1.29 is 9.59 Å². The van der Waals surface area contributed by atoms with Gasteiger partial charge in [0, 0.05) is 30.2 Å². The lowest BCUT2D eigenvalue weighted by molar-refractivity contribution is -0.130. The predicted molar refractivity (Wildman–Crippen MR) is 196 cm³/mol. The third-order valence-electron chi connectivity index (χ3n) is 10.7. The number of H-pyrrole nitrogens is 1. The van der Waals surface area contributed by atoms with Crippen LogP contribution in [0.4, 0.5) is 0 Å². The van der Waals surface area contributed by atoms with Gasteiger partial charge in [-0.05, 0) is 112 Å². The summed E-state index contributed by atoms with van der Waals surface area (Å²) in [5.41, 5.74) is 7.05. The number of tetrazole rings is 1. The van der Waals surface area contributed by atoms with E-state index in [9.17, 15) is 14.9 Å². The highest BCUT2D eigenvalue weighted by atomic mass is 16.2. The number of nitriles is 1. The molecule has 3 aromatic carbocycles. The number of nitrogens with one attached hydrogen (secondary N) is 4. The van der Waals surface area contributed by atoms with E-state index in [4.69, 9.17) is 5.10 Å². The van der Waals surface area contributed by atoms with Crippen LogP contribution in [0, 0.1) is 18.3 Å². The molecule has 3 atom stereocenters. The SMILES string of the molecule is CCNC(=O)c1ccc2c(c1)CCc1cc(C(C)(C)NCC)ccc1C2(C[C@H](NCC(=O)N1CCCC1C#N)c1ccc(C)cc1)c1nn[nH]n1. The molecule has 0 radical (unpaired) electrons. The van der Waals surface area contributed by atoms with Crippen molar-refractivity contribution in [3.05, 3.63) is 111 Å². The zero-order valence-electron chi connectivity index (χ0n) is 30.3. The van der Waals surface area contributed by atoms with Crippen LogP contribution in [0.15, 0.2) is 60.7 Å². The molecule has 2 heterocycles. The van der Waals surface area contributed by atoms with Crippen molar-refractivity contribution in [3.63, 3.8) is 0 Å². The van der Waals surface area contributed by atoms with Gasteiger partial charge in [-0.2, -0.15) is 10.5 Å². The summed E-state index contributed by atoms with van der Waals surface area (Å²) in [4.78, 5) is 28.4. The fourth-order valence-electron chi connectivity index (χ4n) is 8.00. The highest BCUT2D eigenvalue weighted by Gasteiger charge is 2.47. The summed E-state index contributed by atoms with van der Waals surface area (Å²) < 4.78 is 0. The number of likely N-dealkylation sites (tertiary alicyclic amines) is 1. The summed E-state index contributed by atoms with van der Waals surface area (Å²) in [5, 5.41) is 36.1. The molecule has 0 bridgehead atoms. The number of aromatic amines is 1. The maximum Gasteiger partial charge on any atom is 0.251 e. The quantitative estimate of drug-likeness (QED) is 0.166. The Morgan fingerprint density at radius 1 is 1.04 bits per heavy atom. The lowest BCUT2D eigenvalue weighted by Gasteiger charge is -2.38. The van der Waals surface area contributed by atoms with Gasteiger partial charge in [-0.1, -0.05) is 66.2 Å². The molecular formula is C40H49N9O2. The van der Waals surface area contributed by atoms with Gasteiger partial charge < -0.3 is 20.9 Å². The summed E-state index contributed by atoms with van der Waals surface area (Å²) >= 11 is 0. The lowest BCUT2D eigenvalue weighted by Crippen LogP contribution is -2.43. The second kappa shape index (κ2) is 15.1. The number of amides is 2. The van der Waals surface area contributed by atoms with Crippen LogP contribution in [0.5, 0.6) is 0 Å². The first-order valence-corrected chi connectivity index (χ1v) is 18.1. The lowest BCUT2D eigenvalue weighted by atomic mass is 9.66. The van der Waals surface area contributed by atoms with Gasteiger partial charge >= 0.3 is 0 Å². The Balaban J connectivity index is 1.53. The average molecular weight is 688 g/mol. The fraction of sp³-hybridized carbons (Fsp3) is 0.450. The highest BCUT2D eigenvalue weighted by Crippen LogP contribution is 2.49. The molecule has 0 saturated carbocycles. The molecule has 11 nitrogen and oxygen atoms in total. The molecule has 6 rings (SSSR count). The Hall–Kier alpha value is -4.92. The Morgan fingerprint density at radius 2 is 1.76 bits per heavy atom. The van der Waals surface area contributed by atoms with Crippen molar-refractivity contribution in [3.8, 4) is 6.07 Å². The van der Waals surface area contributed by atoms with Crippen LogP contribution in [-0.2, 0) is 28.6 Å². The summed E-state index contributed by atoms with van der Waals surface area (Å²) in [6.45, 7) is 12.5. The van der Waals surface area contributed by atoms with Crippen molar-refractivity contribution in [1.29, 1.82) is 5.26 Å². The minimum absolute atomic E-state index is 0.0741. The van der Waals surface area contributed by atoms with Gasteiger partial charge in [0.15, 0.2) is 5.82 Å². The fourth-order valence-corrected chi connectivity index (χ4v) is 8.00. The van der Waals surface area contributed by atoms with E-state index in [1.165, 1.54) is 11.1 Å². The Kier molecular flexibility index (Phi) is 10.6. The minimum atomic E-state index is -0.913. The van der Waals surface area contributed by atoms with Crippen molar-refractivity contribution >= 4 is 11.8 Å². The van der Waals surface area contributed by atoms with Gasteiger partial charge in [-0.3, -0.25) is 9.59 Å². The highest BCUT2D eigenvalue weighted by molar-refractivity contribution is 5.94. The van der Waals surface area contributed by atoms with Crippen LogP contribution >= 0.6 is 0 Å². The van der Waals surface area contributed by atoms with Crippen LogP contribution in [0.3, 0.4) is 0 Å². The first-order valence-electron chi connectivity index (χ1n) is 18.1. The largest absolute Gasteiger partial charge is 0.352 e.